The van der Waals surface area contributed by atoms with Crippen molar-refractivity contribution in [2.24, 2.45) is 5.92 Å². The van der Waals surface area contributed by atoms with Crippen molar-refractivity contribution in [3.63, 3.8) is 0 Å². The van der Waals surface area contributed by atoms with E-state index in [-0.39, 0.29) is 5.91 Å². The van der Waals surface area contributed by atoms with Crippen LogP contribution in [-0.4, -0.2) is 17.4 Å². The number of benzene rings is 2. The third-order valence-electron chi connectivity index (χ3n) is 4.21. The van der Waals surface area contributed by atoms with Gasteiger partial charge < -0.3 is 10.2 Å². The molecule has 3 aromatic rings. The molecule has 0 saturated carbocycles. The van der Waals surface area contributed by atoms with Crippen LogP contribution in [0, 0.1) is 5.92 Å². The molecule has 4 heteroatoms. The summed E-state index contributed by atoms with van der Waals surface area (Å²) < 4.78 is 0. The Morgan fingerprint density at radius 2 is 1.63 bits per heavy atom. The predicted molar refractivity (Wildman–Crippen MR) is 110 cm³/mol. The number of amides is 1. The van der Waals surface area contributed by atoms with Crippen LogP contribution in [0.15, 0.2) is 79.0 Å². The van der Waals surface area contributed by atoms with E-state index in [9.17, 15) is 4.79 Å². The van der Waals surface area contributed by atoms with E-state index in [2.05, 4.69) is 53.3 Å². The van der Waals surface area contributed by atoms with Crippen LogP contribution in [0.1, 0.15) is 29.9 Å². The van der Waals surface area contributed by atoms with Crippen LogP contribution in [0.25, 0.3) is 0 Å². The fourth-order valence-corrected chi connectivity index (χ4v) is 2.80. The minimum absolute atomic E-state index is 0.140. The van der Waals surface area contributed by atoms with Gasteiger partial charge in [-0.25, -0.2) is 0 Å². The van der Waals surface area contributed by atoms with Crippen molar-refractivity contribution in [2.75, 3.05) is 11.4 Å². The second-order valence-corrected chi connectivity index (χ2v) is 6.91. The molecular weight excluding hydrogens is 334 g/mol. The summed E-state index contributed by atoms with van der Waals surface area (Å²) in [5, 5.41) is 2.93. The largest absolute Gasteiger partial charge is 0.350 e. The molecule has 138 valence electrons. The molecule has 2 aromatic carbocycles. The molecule has 1 N–H and O–H groups in total. The van der Waals surface area contributed by atoms with E-state index in [1.165, 1.54) is 5.56 Å². The monoisotopic (exact) mass is 359 g/mol. The summed E-state index contributed by atoms with van der Waals surface area (Å²) in [6, 6.07) is 24.3. The number of pyridine rings is 1. The summed E-state index contributed by atoms with van der Waals surface area (Å²) in [4.78, 5) is 18.9. The molecule has 3 rings (SSSR count). The Hall–Kier alpha value is -3.14. The number of carbonyl (C=O) groups is 1. The van der Waals surface area contributed by atoms with E-state index in [4.69, 9.17) is 0 Å². The maximum absolute atomic E-state index is 12.4. The van der Waals surface area contributed by atoms with Gasteiger partial charge in [-0.2, -0.15) is 0 Å². The highest BCUT2D eigenvalue weighted by Gasteiger charge is 2.14. The van der Waals surface area contributed by atoms with Gasteiger partial charge in [-0.05, 0) is 35.7 Å². The standard InChI is InChI=1S/C23H25N3O/c1-18(2)16-25-23(27)22-15-21(13-14-24-22)26(20-11-7-4-8-12-20)17-19-9-5-3-6-10-19/h3-15,18H,16-17H2,1-2H3,(H,25,27). The van der Waals surface area contributed by atoms with Gasteiger partial charge in [-0.15, -0.1) is 0 Å². The van der Waals surface area contributed by atoms with Crippen molar-refractivity contribution in [2.45, 2.75) is 20.4 Å². The first kappa shape index (κ1) is 18.6. The highest BCUT2D eigenvalue weighted by atomic mass is 16.1. The van der Waals surface area contributed by atoms with Crippen LogP contribution in [-0.2, 0) is 6.54 Å². The van der Waals surface area contributed by atoms with Crippen LogP contribution < -0.4 is 10.2 Å². The summed E-state index contributed by atoms with van der Waals surface area (Å²) in [7, 11) is 0. The first-order valence-electron chi connectivity index (χ1n) is 9.24. The van der Waals surface area contributed by atoms with E-state index in [1.54, 1.807) is 6.20 Å². The molecule has 1 aromatic heterocycles. The highest BCUT2D eigenvalue weighted by Crippen LogP contribution is 2.27. The van der Waals surface area contributed by atoms with Crippen molar-refractivity contribution in [3.05, 3.63) is 90.3 Å². The van der Waals surface area contributed by atoms with Gasteiger partial charge in [0.2, 0.25) is 0 Å². The van der Waals surface area contributed by atoms with E-state index in [0.717, 1.165) is 11.4 Å². The van der Waals surface area contributed by atoms with Crippen LogP contribution in [0.2, 0.25) is 0 Å². The van der Waals surface area contributed by atoms with Gasteiger partial charge in [0.05, 0.1) is 0 Å². The normalized spacial score (nSPS) is 10.6. The number of nitrogens with one attached hydrogen (secondary N) is 1. The van der Waals surface area contributed by atoms with Gasteiger partial charge >= 0.3 is 0 Å². The summed E-state index contributed by atoms with van der Waals surface area (Å²) in [6.07, 6.45) is 1.69. The van der Waals surface area contributed by atoms with E-state index in [1.807, 2.05) is 48.5 Å². The lowest BCUT2D eigenvalue weighted by Crippen LogP contribution is -2.28. The first-order valence-corrected chi connectivity index (χ1v) is 9.24. The van der Waals surface area contributed by atoms with Gasteiger partial charge in [0.1, 0.15) is 5.69 Å². The zero-order chi connectivity index (χ0) is 19.1. The number of rotatable bonds is 7. The van der Waals surface area contributed by atoms with Gasteiger partial charge in [0.25, 0.3) is 5.91 Å². The summed E-state index contributed by atoms with van der Waals surface area (Å²) in [5.41, 5.74) is 3.64. The summed E-state index contributed by atoms with van der Waals surface area (Å²) in [5.74, 6) is 0.259. The highest BCUT2D eigenvalue weighted by molar-refractivity contribution is 5.93. The van der Waals surface area contributed by atoms with Crippen molar-refractivity contribution in [3.8, 4) is 0 Å². The Labute approximate surface area is 160 Å². The molecule has 0 aliphatic carbocycles. The number of para-hydroxylation sites is 1. The van der Waals surface area contributed by atoms with Crippen molar-refractivity contribution in [1.29, 1.82) is 0 Å². The maximum Gasteiger partial charge on any atom is 0.269 e. The van der Waals surface area contributed by atoms with Crippen LogP contribution in [0.3, 0.4) is 0 Å². The topological polar surface area (TPSA) is 45.2 Å². The number of anilines is 2. The molecule has 4 nitrogen and oxygen atoms in total. The molecule has 0 atom stereocenters. The zero-order valence-electron chi connectivity index (χ0n) is 15.8. The van der Waals surface area contributed by atoms with E-state index < -0.39 is 0 Å². The smallest absolute Gasteiger partial charge is 0.269 e. The number of hydrogen-bond acceptors (Lipinski definition) is 3. The third kappa shape index (κ3) is 5.17. The molecule has 1 amide bonds. The van der Waals surface area contributed by atoms with Crippen LogP contribution in [0.5, 0.6) is 0 Å². The lowest BCUT2D eigenvalue weighted by molar-refractivity contribution is 0.0944. The molecule has 0 unspecified atom stereocenters. The molecule has 0 radical (unpaired) electrons. The molecule has 0 aliphatic rings. The predicted octanol–water partition coefficient (Wildman–Crippen LogP) is 4.81. The van der Waals surface area contributed by atoms with Crippen LogP contribution in [0.4, 0.5) is 11.4 Å². The molecule has 1 heterocycles. The minimum atomic E-state index is -0.140. The Bertz CT molecular complexity index is 863. The summed E-state index contributed by atoms with van der Waals surface area (Å²) >= 11 is 0. The molecule has 0 bridgehead atoms. The van der Waals surface area contributed by atoms with Crippen molar-refractivity contribution in [1.82, 2.24) is 10.3 Å². The Morgan fingerprint density at radius 1 is 0.963 bits per heavy atom. The number of aromatic nitrogens is 1. The minimum Gasteiger partial charge on any atom is -0.350 e. The van der Waals surface area contributed by atoms with Crippen LogP contribution >= 0.6 is 0 Å². The number of nitrogens with zero attached hydrogens (tertiary/aromatic N) is 2. The fourth-order valence-electron chi connectivity index (χ4n) is 2.80. The quantitative estimate of drug-likeness (QED) is 0.659. The van der Waals surface area contributed by atoms with Gasteiger partial charge in [0.15, 0.2) is 0 Å². The molecule has 0 saturated heterocycles. The molecule has 27 heavy (non-hydrogen) atoms. The lowest BCUT2D eigenvalue weighted by Gasteiger charge is -2.25. The Balaban J connectivity index is 1.90. The third-order valence-corrected chi connectivity index (χ3v) is 4.21. The molecule has 0 fully saturated rings. The van der Waals surface area contributed by atoms with E-state index in [0.29, 0.717) is 24.7 Å². The first-order chi connectivity index (χ1) is 13.1. The van der Waals surface area contributed by atoms with Crippen molar-refractivity contribution >= 4 is 17.3 Å². The van der Waals surface area contributed by atoms with Gasteiger partial charge in [-0.1, -0.05) is 62.4 Å². The Kier molecular flexibility index (Phi) is 6.21. The second kappa shape index (κ2) is 8.99. The van der Waals surface area contributed by atoms with E-state index >= 15 is 0 Å². The molecular formula is C23H25N3O. The van der Waals surface area contributed by atoms with Gasteiger partial charge in [0, 0.05) is 30.7 Å². The second-order valence-electron chi connectivity index (χ2n) is 6.91. The average Bonchev–Trinajstić information content (AvgIpc) is 2.71. The number of carbonyl (C=O) groups excluding carboxylic acids is 1. The maximum atomic E-state index is 12.4. The summed E-state index contributed by atoms with van der Waals surface area (Å²) in [6.45, 7) is 5.49. The zero-order valence-corrected chi connectivity index (χ0v) is 15.8. The number of hydrogen-bond donors (Lipinski definition) is 1. The van der Waals surface area contributed by atoms with Crippen molar-refractivity contribution < 1.29 is 4.79 Å². The lowest BCUT2D eigenvalue weighted by atomic mass is 10.1. The molecule has 0 aliphatic heterocycles. The fraction of sp³-hybridized carbons (Fsp3) is 0.217. The Morgan fingerprint density at radius 3 is 2.30 bits per heavy atom. The van der Waals surface area contributed by atoms with Gasteiger partial charge in [-0.3, -0.25) is 9.78 Å². The molecule has 0 spiro atoms. The SMILES string of the molecule is CC(C)CNC(=O)c1cc(N(Cc2ccccc2)c2ccccc2)ccn1. The average molecular weight is 359 g/mol.